The standard InChI is InChI=1S/C12H7F3N2O2.CH4/c13-12(14,15)9-3-2-7(11(18)19)6-8(9)10-16-4-1-5-17-10;/h1-6H,(H,18,19);1H4. The summed E-state index contributed by atoms with van der Waals surface area (Å²) in [6.07, 6.45) is -2.03. The molecule has 106 valence electrons. The molecule has 2 rings (SSSR count). The third-order valence-corrected chi connectivity index (χ3v) is 2.38. The summed E-state index contributed by atoms with van der Waals surface area (Å²) >= 11 is 0. The summed E-state index contributed by atoms with van der Waals surface area (Å²) in [4.78, 5) is 18.3. The Morgan fingerprint density at radius 3 is 2.25 bits per heavy atom. The number of nitrogens with zero attached hydrogens (tertiary/aromatic N) is 2. The molecule has 0 atom stereocenters. The Hall–Kier alpha value is -2.44. The maximum Gasteiger partial charge on any atom is 0.417 e. The average Bonchev–Trinajstić information content (AvgIpc) is 2.38. The highest BCUT2D eigenvalue weighted by Gasteiger charge is 2.34. The Kier molecular flexibility index (Phi) is 4.44. The number of carboxylic acids is 1. The van der Waals surface area contributed by atoms with Crippen molar-refractivity contribution in [2.24, 2.45) is 0 Å². The second-order valence-electron chi connectivity index (χ2n) is 3.64. The first kappa shape index (κ1) is 15.6. The van der Waals surface area contributed by atoms with Crippen LogP contribution in [0, 0.1) is 0 Å². The number of alkyl halides is 3. The molecule has 0 aliphatic carbocycles. The number of aromatic carboxylic acids is 1. The Labute approximate surface area is 112 Å². The van der Waals surface area contributed by atoms with Crippen LogP contribution in [0.15, 0.2) is 36.7 Å². The summed E-state index contributed by atoms with van der Waals surface area (Å²) in [6, 6.07) is 3.99. The summed E-state index contributed by atoms with van der Waals surface area (Å²) in [5, 5.41) is 8.83. The zero-order chi connectivity index (χ0) is 14.0. The first-order chi connectivity index (χ1) is 8.89. The average molecular weight is 284 g/mol. The molecule has 0 aliphatic heterocycles. The quantitative estimate of drug-likeness (QED) is 0.916. The molecule has 0 radical (unpaired) electrons. The van der Waals surface area contributed by atoms with Gasteiger partial charge in [-0.15, -0.1) is 0 Å². The number of halogens is 3. The summed E-state index contributed by atoms with van der Waals surface area (Å²) in [6.45, 7) is 0. The number of benzene rings is 1. The van der Waals surface area contributed by atoms with E-state index in [0.717, 1.165) is 18.2 Å². The molecule has 1 heterocycles. The third kappa shape index (κ3) is 3.11. The van der Waals surface area contributed by atoms with Gasteiger partial charge in [0.1, 0.15) is 0 Å². The fraction of sp³-hybridized carbons (Fsp3) is 0.154. The van der Waals surface area contributed by atoms with Crippen LogP contribution in [0.2, 0.25) is 0 Å². The summed E-state index contributed by atoms with van der Waals surface area (Å²) in [7, 11) is 0. The molecule has 0 unspecified atom stereocenters. The van der Waals surface area contributed by atoms with Crippen molar-refractivity contribution >= 4 is 5.97 Å². The molecule has 4 nitrogen and oxygen atoms in total. The molecular weight excluding hydrogens is 273 g/mol. The molecule has 20 heavy (non-hydrogen) atoms. The zero-order valence-corrected chi connectivity index (χ0v) is 9.35. The second kappa shape index (κ2) is 5.68. The molecule has 1 N–H and O–H groups in total. The maximum atomic E-state index is 12.9. The van der Waals surface area contributed by atoms with Gasteiger partial charge < -0.3 is 5.11 Å². The molecule has 7 heteroatoms. The summed E-state index contributed by atoms with van der Waals surface area (Å²) in [5.74, 6) is -1.48. The normalized spacial score (nSPS) is 10.8. The summed E-state index contributed by atoms with van der Waals surface area (Å²) in [5.41, 5.74) is -1.58. The predicted molar refractivity (Wildman–Crippen MR) is 66.2 cm³/mol. The molecule has 0 saturated carbocycles. The van der Waals surface area contributed by atoms with E-state index in [-0.39, 0.29) is 24.4 Å². The molecule has 0 bridgehead atoms. The van der Waals surface area contributed by atoms with Crippen LogP contribution in [-0.2, 0) is 6.18 Å². The van der Waals surface area contributed by atoms with Crippen LogP contribution >= 0.6 is 0 Å². The Morgan fingerprint density at radius 1 is 1.15 bits per heavy atom. The zero-order valence-electron chi connectivity index (χ0n) is 9.35. The topological polar surface area (TPSA) is 63.1 Å². The predicted octanol–water partition coefficient (Wildman–Crippen LogP) is 3.50. The van der Waals surface area contributed by atoms with Crippen molar-refractivity contribution in [3.05, 3.63) is 47.8 Å². The largest absolute Gasteiger partial charge is 0.478 e. The molecular formula is C13H11F3N2O2. The van der Waals surface area contributed by atoms with Crippen LogP contribution in [-0.4, -0.2) is 21.0 Å². The molecule has 0 fully saturated rings. The third-order valence-electron chi connectivity index (χ3n) is 2.38. The fourth-order valence-corrected chi connectivity index (χ4v) is 1.55. The van der Waals surface area contributed by atoms with Crippen LogP contribution in [0.3, 0.4) is 0 Å². The van der Waals surface area contributed by atoms with Gasteiger partial charge in [-0.25, -0.2) is 14.8 Å². The van der Waals surface area contributed by atoms with E-state index in [2.05, 4.69) is 9.97 Å². The van der Waals surface area contributed by atoms with Gasteiger partial charge in [-0.2, -0.15) is 13.2 Å². The van der Waals surface area contributed by atoms with E-state index in [0.29, 0.717) is 0 Å². The van der Waals surface area contributed by atoms with Gasteiger partial charge in [0, 0.05) is 18.0 Å². The fourth-order valence-electron chi connectivity index (χ4n) is 1.55. The number of carboxylic acid groups (broad SMARTS) is 1. The van der Waals surface area contributed by atoms with Crippen molar-refractivity contribution in [2.75, 3.05) is 0 Å². The minimum absolute atomic E-state index is 0. The number of hydrogen-bond donors (Lipinski definition) is 1. The molecule has 0 spiro atoms. The SMILES string of the molecule is C.O=C(O)c1ccc(C(F)(F)F)c(-c2ncccn2)c1. The minimum Gasteiger partial charge on any atom is -0.478 e. The van der Waals surface area contributed by atoms with Gasteiger partial charge in [0.15, 0.2) is 5.82 Å². The number of carbonyl (C=O) groups is 1. The number of rotatable bonds is 2. The van der Waals surface area contributed by atoms with Crippen LogP contribution < -0.4 is 0 Å². The van der Waals surface area contributed by atoms with Gasteiger partial charge in [-0.1, -0.05) is 7.43 Å². The van der Waals surface area contributed by atoms with Gasteiger partial charge in [0.2, 0.25) is 0 Å². The summed E-state index contributed by atoms with van der Waals surface area (Å²) < 4.78 is 38.6. The van der Waals surface area contributed by atoms with E-state index in [1.165, 1.54) is 18.5 Å². The lowest BCUT2D eigenvalue weighted by Gasteiger charge is -2.12. The highest BCUT2D eigenvalue weighted by atomic mass is 19.4. The molecule has 1 aromatic heterocycles. The van der Waals surface area contributed by atoms with Gasteiger partial charge in [0.05, 0.1) is 11.1 Å². The Bertz CT molecular complexity index is 613. The van der Waals surface area contributed by atoms with E-state index in [4.69, 9.17) is 5.11 Å². The van der Waals surface area contributed by atoms with E-state index in [9.17, 15) is 18.0 Å². The Morgan fingerprint density at radius 2 is 1.75 bits per heavy atom. The molecule has 0 amide bonds. The molecule has 2 aromatic rings. The smallest absolute Gasteiger partial charge is 0.417 e. The van der Waals surface area contributed by atoms with Crippen molar-refractivity contribution < 1.29 is 23.1 Å². The van der Waals surface area contributed by atoms with Crippen molar-refractivity contribution in [3.63, 3.8) is 0 Å². The van der Waals surface area contributed by atoms with Crippen LogP contribution in [0.4, 0.5) is 13.2 Å². The van der Waals surface area contributed by atoms with Gasteiger partial charge in [-0.05, 0) is 24.3 Å². The maximum absolute atomic E-state index is 12.9. The molecule has 0 saturated heterocycles. The van der Waals surface area contributed by atoms with E-state index >= 15 is 0 Å². The van der Waals surface area contributed by atoms with Crippen molar-refractivity contribution in [2.45, 2.75) is 13.6 Å². The van der Waals surface area contributed by atoms with Crippen LogP contribution in [0.1, 0.15) is 23.3 Å². The number of hydrogen-bond acceptors (Lipinski definition) is 3. The highest BCUT2D eigenvalue weighted by molar-refractivity contribution is 5.89. The molecule has 1 aromatic carbocycles. The minimum atomic E-state index is -4.61. The Balaban J connectivity index is 0.00000200. The molecule has 0 aliphatic rings. The van der Waals surface area contributed by atoms with Crippen LogP contribution in [0.25, 0.3) is 11.4 Å². The van der Waals surface area contributed by atoms with Crippen molar-refractivity contribution in [3.8, 4) is 11.4 Å². The monoisotopic (exact) mass is 284 g/mol. The van der Waals surface area contributed by atoms with Gasteiger partial charge in [-0.3, -0.25) is 0 Å². The lowest BCUT2D eigenvalue weighted by atomic mass is 10.0. The van der Waals surface area contributed by atoms with Crippen LogP contribution in [0.5, 0.6) is 0 Å². The lowest BCUT2D eigenvalue weighted by molar-refractivity contribution is -0.137. The number of aromatic nitrogens is 2. The van der Waals surface area contributed by atoms with Gasteiger partial charge >= 0.3 is 12.1 Å². The second-order valence-corrected chi connectivity index (χ2v) is 3.64. The van der Waals surface area contributed by atoms with E-state index in [1.807, 2.05) is 0 Å². The van der Waals surface area contributed by atoms with Crippen molar-refractivity contribution in [1.82, 2.24) is 9.97 Å². The highest BCUT2D eigenvalue weighted by Crippen LogP contribution is 2.36. The van der Waals surface area contributed by atoms with Gasteiger partial charge in [0.25, 0.3) is 0 Å². The van der Waals surface area contributed by atoms with E-state index < -0.39 is 17.7 Å². The first-order valence-corrected chi connectivity index (χ1v) is 5.11. The van der Waals surface area contributed by atoms with E-state index in [1.54, 1.807) is 0 Å². The lowest BCUT2D eigenvalue weighted by Crippen LogP contribution is -2.09. The van der Waals surface area contributed by atoms with Crippen molar-refractivity contribution in [1.29, 1.82) is 0 Å². The first-order valence-electron chi connectivity index (χ1n) is 5.11.